The van der Waals surface area contributed by atoms with Crippen LogP contribution in [0.3, 0.4) is 0 Å². The highest BCUT2D eigenvalue weighted by atomic mass is 79.9. The quantitative estimate of drug-likeness (QED) is 0.177. The number of alkyl halides is 1. The topological polar surface area (TPSA) is 114 Å². The van der Waals surface area contributed by atoms with Crippen molar-refractivity contribution in [2.45, 2.75) is 48.8 Å². The predicted octanol–water partition coefficient (Wildman–Crippen LogP) is 3.95. The normalized spacial score (nSPS) is 25.1. The van der Waals surface area contributed by atoms with Gasteiger partial charge < -0.3 is 33.7 Å². The molecule has 0 bridgehead atoms. The van der Waals surface area contributed by atoms with Crippen LogP contribution in [0.15, 0.2) is 48.6 Å². The summed E-state index contributed by atoms with van der Waals surface area (Å²) >= 11 is 4.06. The Balaban J connectivity index is 1.34. The summed E-state index contributed by atoms with van der Waals surface area (Å²) in [6, 6.07) is 9.96. The Morgan fingerprint density at radius 2 is 1.87 bits per heavy atom. The number of nitrogens with one attached hydrogen (secondary N) is 1. The third kappa shape index (κ3) is 7.86. The highest BCUT2D eigenvalue weighted by molar-refractivity contribution is 9.10. The van der Waals surface area contributed by atoms with Crippen LogP contribution in [0.25, 0.3) is 5.57 Å². The summed E-state index contributed by atoms with van der Waals surface area (Å²) in [5.74, 6) is 0.0814. The first-order valence-corrected chi connectivity index (χ1v) is 16.3. The Hall–Kier alpha value is -3.03. The number of nitrogens with zero attached hydrogens (tertiary/aromatic N) is 3. The molecule has 0 spiro atoms. The van der Waals surface area contributed by atoms with Crippen molar-refractivity contribution in [2.75, 3.05) is 66.8 Å². The second-order valence-corrected chi connectivity index (χ2v) is 13.0. The molecule has 0 saturated carbocycles. The lowest BCUT2D eigenvalue weighted by Crippen LogP contribution is -2.55. The molecule has 1 N–H and O–H groups in total. The van der Waals surface area contributed by atoms with Crippen molar-refractivity contribution in [1.82, 2.24) is 20.2 Å². The molecule has 11 nitrogen and oxygen atoms in total. The molecule has 12 heteroatoms. The van der Waals surface area contributed by atoms with E-state index in [0.717, 1.165) is 69.8 Å². The SMILES string of the molecule is COc1nc(OCC2(OCCCN3CCOCC3)C=CC=C(c3ccccc3)C2(C)Br)nc(OC)c1COC(=O)[C@@H]1CCCN1. The third-order valence-electron chi connectivity index (χ3n) is 8.51. The Labute approximate surface area is 273 Å². The van der Waals surface area contributed by atoms with E-state index in [-0.39, 0.29) is 43.0 Å². The van der Waals surface area contributed by atoms with Gasteiger partial charge in [-0.3, -0.25) is 9.69 Å². The Morgan fingerprint density at radius 1 is 1.13 bits per heavy atom. The summed E-state index contributed by atoms with van der Waals surface area (Å²) in [5, 5.41) is 3.14. The monoisotopic (exact) mass is 686 g/mol. The lowest BCUT2D eigenvalue weighted by atomic mass is 9.77. The molecule has 2 unspecified atom stereocenters. The van der Waals surface area contributed by atoms with Crippen LogP contribution in [0, 0.1) is 0 Å². The number of hydrogen-bond acceptors (Lipinski definition) is 11. The van der Waals surface area contributed by atoms with E-state index in [0.29, 0.717) is 12.2 Å². The number of ether oxygens (including phenoxy) is 6. The van der Waals surface area contributed by atoms with E-state index in [1.54, 1.807) is 0 Å². The Morgan fingerprint density at radius 3 is 2.53 bits per heavy atom. The van der Waals surface area contributed by atoms with Crippen molar-refractivity contribution in [3.8, 4) is 17.8 Å². The standard InChI is InChI=1S/C33H43BrN4O7/c1-32(34)26(24-10-5-4-6-11-24)12-7-14-33(32,45-19-9-16-38-17-20-42-21-18-38)23-44-31-36-28(40-2)25(29(37-31)41-3)22-43-30(39)27-13-8-15-35-27/h4-7,10-12,14,27,35H,8-9,13,15-23H2,1-3H3/t27-,32?,33?/m0/s1. The molecule has 3 atom stereocenters. The van der Waals surface area contributed by atoms with Crippen molar-refractivity contribution in [1.29, 1.82) is 0 Å². The van der Waals surface area contributed by atoms with Crippen LogP contribution < -0.4 is 19.5 Å². The number of carbonyl (C=O) groups is 1. The van der Waals surface area contributed by atoms with Crippen LogP contribution in [0.2, 0.25) is 0 Å². The van der Waals surface area contributed by atoms with Crippen molar-refractivity contribution in [2.24, 2.45) is 0 Å². The van der Waals surface area contributed by atoms with Crippen molar-refractivity contribution in [3.63, 3.8) is 0 Å². The van der Waals surface area contributed by atoms with Crippen LogP contribution in [0.4, 0.5) is 0 Å². The number of benzene rings is 1. The number of esters is 1. The number of methoxy groups -OCH3 is 2. The maximum atomic E-state index is 12.5. The first-order valence-electron chi connectivity index (χ1n) is 15.5. The van der Waals surface area contributed by atoms with Crippen LogP contribution >= 0.6 is 15.9 Å². The molecule has 1 aliphatic carbocycles. The first kappa shape index (κ1) is 33.3. The molecular weight excluding hydrogens is 644 g/mol. The smallest absolute Gasteiger partial charge is 0.323 e. The van der Waals surface area contributed by atoms with Gasteiger partial charge in [0.1, 0.15) is 30.4 Å². The number of allylic oxidation sites excluding steroid dienone is 2. The molecule has 2 aliphatic heterocycles. The largest absolute Gasteiger partial charge is 0.480 e. The molecule has 0 amide bonds. The van der Waals surface area contributed by atoms with E-state index < -0.39 is 9.93 Å². The molecule has 2 fully saturated rings. The molecule has 3 aliphatic rings. The van der Waals surface area contributed by atoms with Crippen molar-refractivity contribution >= 4 is 27.5 Å². The van der Waals surface area contributed by atoms with Gasteiger partial charge in [-0.2, -0.15) is 9.97 Å². The number of halogens is 1. The second-order valence-electron chi connectivity index (χ2n) is 11.4. The van der Waals surface area contributed by atoms with Gasteiger partial charge >= 0.3 is 12.0 Å². The van der Waals surface area contributed by atoms with E-state index in [9.17, 15) is 4.79 Å². The summed E-state index contributed by atoms with van der Waals surface area (Å²) < 4.78 is 34.6. The van der Waals surface area contributed by atoms with Gasteiger partial charge in [-0.1, -0.05) is 58.4 Å². The lowest BCUT2D eigenvalue weighted by molar-refractivity contribution is -0.147. The highest BCUT2D eigenvalue weighted by Crippen LogP contribution is 2.48. The average molecular weight is 688 g/mol. The third-order valence-corrected chi connectivity index (χ3v) is 9.61. The molecule has 1 aromatic carbocycles. The zero-order valence-electron chi connectivity index (χ0n) is 26.3. The number of rotatable bonds is 14. The van der Waals surface area contributed by atoms with Gasteiger partial charge in [0.15, 0.2) is 0 Å². The minimum Gasteiger partial charge on any atom is -0.480 e. The van der Waals surface area contributed by atoms with Gasteiger partial charge in [-0.15, -0.1) is 0 Å². The zero-order chi connectivity index (χ0) is 31.7. The Bertz CT molecular complexity index is 1320. The summed E-state index contributed by atoms with van der Waals surface area (Å²) in [6.45, 7) is 7.72. The summed E-state index contributed by atoms with van der Waals surface area (Å²) in [6.07, 6.45) is 8.67. The zero-order valence-corrected chi connectivity index (χ0v) is 27.8. The minimum absolute atomic E-state index is 0.0556. The fourth-order valence-corrected chi connectivity index (χ4v) is 6.58. The summed E-state index contributed by atoms with van der Waals surface area (Å²) in [5.41, 5.74) is 1.65. The fourth-order valence-electron chi connectivity index (χ4n) is 5.85. The maximum Gasteiger partial charge on any atom is 0.323 e. The number of aromatic nitrogens is 2. The van der Waals surface area contributed by atoms with Crippen LogP contribution in [-0.4, -0.2) is 104 Å². The predicted molar refractivity (Wildman–Crippen MR) is 173 cm³/mol. The molecule has 0 radical (unpaired) electrons. The second kappa shape index (κ2) is 15.5. The first-order chi connectivity index (χ1) is 21.9. The van der Waals surface area contributed by atoms with E-state index in [1.807, 2.05) is 30.4 Å². The number of morpholine rings is 1. The fraction of sp³-hybridized carbons (Fsp3) is 0.545. The average Bonchev–Trinajstić information content (AvgIpc) is 3.62. The van der Waals surface area contributed by atoms with E-state index in [4.69, 9.17) is 28.4 Å². The molecule has 1 aromatic heterocycles. The van der Waals surface area contributed by atoms with Crippen molar-refractivity contribution in [3.05, 3.63) is 59.7 Å². The molecule has 2 aromatic rings. The van der Waals surface area contributed by atoms with E-state index >= 15 is 0 Å². The minimum atomic E-state index is -0.912. The van der Waals surface area contributed by atoms with E-state index in [1.165, 1.54) is 14.2 Å². The highest BCUT2D eigenvalue weighted by Gasteiger charge is 2.51. The van der Waals surface area contributed by atoms with Crippen LogP contribution in [0.5, 0.6) is 17.8 Å². The number of hydrogen-bond donors (Lipinski definition) is 1. The van der Waals surface area contributed by atoms with E-state index in [2.05, 4.69) is 61.2 Å². The molecule has 45 heavy (non-hydrogen) atoms. The molecule has 3 heterocycles. The maximum absolute atomic E-state index is 12.5. The molecule has 5 rings (SSSR count). The van der Waals surface area contributed by atoms with Gasteiger partial charge in [0.25, 0.3) is 0 Å². The van der Waals surface area contributed by atoms with Gasteiger partial charge in [0.05, 0.1) is 31.8 Å². The summed E-state index contributed by atoms with van der Waals surface area (Å²) in [4.78, 5) is 23.9. The summed E-state index contributed by atoms with van der Waals surface area (Å²) in [7, 11) is 2.98. The van der Waals surface area contributed by atoms with Crippen LogP contribution in [0.1, 0.15) is 37.3 Å². The van der Waals surface area contributed by atoms with Crippen LogP contribution in [-0.2, 0) is 25.6 Å². The molecule has 2 saturated heterocycles. The van der Waals surface area contributed by atoms with Gasteiger partial charge in [-0.25, -0.2) is 0 Å². The lowest BCUT2D eigenvalue weighted by Gasteiger charge is -2.46. The van der Waals surface area contributed by atoms with Gasteiger partial charge in [0, 0.05) is 26.2 Å². The molecular formula is C33H43BrN4O7. The van der Waals surface area contributed by atoms with Crippen molar-refractivity contribution < 1.29 is 33.2 Å². The number of carbonyl (C=O) groups excluding carboxylic acids is 1. The Kier molecular flexibility index (Phi) is 11.5. The molecule has 244 valence electrons. The van der Waals surface area contributed by atoms with Gasteiger partial charge in [-0.05, 0) is 49.9 Å². The van der Waals surface area contributed by atoms with Gasteiger partial charge in [0.2, 0.25) is 11.8 Å².